The van der Waals surface area contributed by atoms with Gasteiger partial charge < -0.3 is 21.0 Å². The van der Waals surface area contributed by atoms with Crippen LogP contribution in [0.15, 0.2) is 84.9 Å². The molecule has 0 radical (unpaired) electrons. The van der Waals surface area contributed by atoms with Gasteiger partial charge in [-0.25, -0.2) is 9.59 Å². The molecule has 2 aromatic heterocycles. The van der Waals surface area contributed by atoms with E-state index in [-0.39, 0.29) is 111 Å². The van der Waals surface area contributed by atoms with Crippen molar-refractivity contribution in [2.45, 2.75) is 12.4 Å². The number of carbonyl (C=O) groups excluding carboxylic acids is 3. The van der Waals surface area contributed by atoms with Crippen LogP contribution in [0.5, 0.6) is 0 Å². The molecule has 0 atom stereocenters. The zero-order valence-corrected chi connectivity index (χ0v) is 37.7. The van der Waals surface area contributed by atoms with Gasteiger partial charge in [0.05, 0.1) is 31.8 Å². The summed E-state index contributed by atoms with van der Waals surface area (Å²) in [6, 6.07) is 25.5. The fourth-order valence-corrected chi connectivity index (χ4v) is 5.40. The van der Waals surface area contributed by atoms with E-state index in [1.54, 1.807) is 28.9 Å². The molecule has 2 heterocycles. The minimum absolute atomic E-state index is 0. The number of nitrogens with one attached hydrogen (secondary N) is 1. The average molecular weight is 847 g/mol. The Morgan fingerprint density at radius 3 is 1.84 bits per heavy atom. The molecule has 0 amide bonds. The van der Waals surface area contributed by atoms with E-state index >= 15 is 0 Å². The van der Waals surface area contributed by atoms with Crippen molar-refractivity contribution in [2.24, 2.45) is 0 Å². The van der Waals surface area contributed by atoms with E-state index in [9.17, 15) is 9.59 Å². The van der Waals surface area contributed by atoms with E-state index in [1.165, 1.54) is 14.2 Å². The van der Waals surface area contributed by atoms with Gasteiger partial charge >= 0.3 is 115 Å². The van der Waals surface area contributed by atoms with Crippen molar-refractivity contribution in [2.75, 3.05) is 14.2 Å². The molecule has 51 heavy (non-hydrogen) atoms. The van der Waals surface area contributed by atoms with Gasteiger partial charge in [0.25, 0.3) is 6.47 Å². The van der Waals surface area contributed by atoms with Crippen molar-refractivity contribution in [1.29, 1.82) is 0 Å². The molecule has 0 aliphatic carbocycles. The zero-order valence-electron chi connectivity index (χ0n) is 28.7. The Hall–Kier alpha value is -1.09. The van der Waals surface area contributed by atoms with Crippen molar-refractivity contribution in [3.63, 3.8) is 0 Å². The monoisotopic (exact) mass is 844 g/mol. The number of aromatic amines is 1. The number of rotatable bonds is 6. The van der Waals surface area contributed by atoms with Crippen LogP contribution in [0.3, 0.4) is 0 Å². The molecule has 11 nitrogen and oxygen atoms in total. The first-order chi connectivity index (χ1) is 23.6. The number of H-pyrrole nitrogens is 1. The number of para-hydroxylation sites is 2. The standard InChI is InChI=1S/C16H12Cl2N2O2.C9H8N2O2.C7H5Cl3.CH2O3.2K.H/c1-22-16(21)15-12-4-2-3-5-14(12)20(19-15)9-10-6-7-11(17)8-13(10)18;1-13-9(12)8-6-4-2-3-5-7(6)10-11-8;8-4-5-1-2-6(9)3-7(5)10;2-1-4-3;;;/h2-8H,9H2,1H3;2-5H,1H3,(H,10,11);1-3H,4H2;1,3H;;;/q;;;;2*+1;-1/p-1. The molecule has 4 aromatic carbocycles. The average Bonchev–Trinajstić information content (AvgIpc) is 3.71. The number of benzene rings is 4. The Bertz CT molecular complexity index is 2050. The molecule has 6 rings (SSSR count). The summed E-state index contributed by atoms with van der Waals surface area (Å²) in [6.07, 6.45) is 0. The first kappa shape index (κ1) is 47.9. The molecule has 1 N–H and O–H groups in total. The maximum absolute atomic E-state index is 11.9. The molecule has 0 saturated carbocycles. The maximum Gasteiger partial charge on any atom is 1.00 e. The topological polar surface area (TPSA) is 148 Å². The molecule has 0 saturated heterocycles. The minimum atomic E-state index is -0.461. The Kier molecular flexibility index (Phi) is 23.6. The molecule has 0 bridgehead atoms. The van der Waals surface area contributed by atoms with Crippen molar-refractivity contribution in [3.05, 3.63) is 128 Å². The van der Waals surface area contributed by atoms with Gasteiger partial charge in [-0.15, -0.1) is 11.6 Å². The van der Waals surface area contributed by atoms with Crippen molar-refractivity contribution >= 4 is 98.2 Å². The first-order valence-electron chi connectivity index (χ1n) is 13.8. The van der Waals surface area contributed by atoms with Crippen LogP contribution in [0, 0.1) is 0 Å². The van der Waals surface area contributed by atoms with Gasteiger partial charge in [0, 0.05) is 36.7 Å². The number of carbonyl (C=O) groups is 3. The van der Waals surface area contributed by atoms with Crippen molar-refractivity contribution in [1.82, 2.24) is 20.0 Å². The summed E-state index contributed by atoms with van der Waals surface area (Å²) in [5.41, 5.74) is 4.08. The summed E-state index contributed by atoms with van der Waals surface area (Å²) < 4.78 is 11.1. The van der Waals surface area contributed by atoms with E-state index in [4.69, 9.17) is 72.8 Å². The number of ether oxygens (including phenoxy) is 2. The molecule has 258 valence electrons. The van der Waals surface area contributed by atoms with Crippen LogP contribution in [0.2, 0.25) is 20.1 Å². The molecule has 18 heteroatoms. The van der Waals surface area contributed by atoms with E-state index in [0.29, 0.717) is 43.9 Å². The van der Waals surface area contributed by atoms with E-state index < -0.39 is 11.9 Å². The normalized spacial score (nSPS) is 9.65. The second kappa shape index (κ2) is 25.1. The van der Waals surface area contributed by atoms with Crippen molar-refractivity contribution < 1.29 is 138 Å². The van der Waals surface area contributed by atoms with Crippen LogP contribution in [-0.4, -0.2) is 52.6 Å². The van der Waals surface area contributed by atoms with Crippen LogP contribution >= 0.6 is 58.0 Å². The van der Waals surface area contributed by atoms with Gasteiger partial charge in [0.2, 0.25) is 0 Å². The van der Waals surface area contributed by atoms with Crippen LogP contribution < -0.4 is 108 Å². The number of methoxy groups -OCH3 is 2. The number of fused-ring (bicyclic) bond motifs is 2. The van der Waals surface area contributed by atoms with Gasteiger partial charge in [0.1, 0.15) is 0 Å². The predicted molar refractivity (Wildman–Crippen MR) is 188 cm³/mol. The summed E-state index contributed by atoms with van der Waals surface area (Å²) in [5, 5.41) is 23.4. The quantitative estimate of drug-likeness (QED) is 0.0663. The Morgan fingerprint density at radius 2 is 1.31 bits per heavy atom. The van der Waals surface area contributed by atoms with Gasteiger partial charge in [0.15, 0.2) is 11.4 Å². The molecule has 0 aliphatic rings. The van der Waals surface area contributed by atoms with Crippen LogP contribution in [0.1, 0.15) is 33.5 Å². The van der Waals surface area contributed by atoms with E-state index in [1.807, 2.05) is 60.7 Å². The summed E-state index contributed by atoms with van der Waals surface area (Å²) in [4.78, 5) is 34.3. The van der Waals surface area contributed by atoms with E-state index in [2.05, 4.69) is 24.9 Å². The van der Waals surface area contributed by atoms with Gasteiger partial charge in [-0.2, -0.15) is 10.2 Å². The van der Waals surface area contributed by atoms with Gasteiger partial charge in [-0.1, -0.05) is 94.9 Å². The molecule has 0 aliphatic heterocycles. The summed E-state index contributed by atoms with van der Waals surface area (Å²) >= 11 is 29.1. The number of nitrogens with zero attached hydrogens (tertiary/aromatic N) is 3. The molecule has 6 aromatic rings. The molecular weight excluding hydrogens is 820 g/mol. The molecule has 0 spiro atoms. The number of aromatic nitrogens is 4. The Balaban J connectivity index is 0.000000744. The third-order valence-corrected chi connectivity index (χ3v) is 7.88. The largest absolute Gasteiger partial charge is 1.00 e. The van der Waals surface area contributed by atoms with Crippen LogP contribution in [0.4, 0.5) is 0 Å². The predicted octanol–water partition coefficient (Wildman–Crippen LogP) is 1.81. The molecule has 0 unspecified atom stereocenters. The summed E-state index contributed by atoms with van der Waals surface area (Å²) in [5.74, 6) is -0.453. The third-order valence-electron chi connectivity index (χ3n) is 6.42. The smallest absolute Gasteiger partial charge is 1.00 e. The molecule has 0 fully saturated rings. The maximum atomic E-state index is 11.9. The van der Waals surface area contributed by atoms with Crippen molar-refractivity contribution in [3.8, 4) is 0 Å². The summed E-state index contributed by atoms with van der Waals surface area (Å²) in [7, 11) is 2.68. The fourth-order valence-electron chi connectivity index (χ4n) is 4.15. The Labute approximate surface area is 404 Å². The number of esters is 2. The minimum Gasteiger partial charge on any atom is -1.00 e. The number of alkyl halides is 1. The van der Waals surface area contributed by atoms with Crippen LogP contribution in [0.25, 0.3) is 21.8 Å². The van der Waals surface area contributed by atoms with E-state index in [0.717, 1.165) is 32.9 Å². The first-order valence-corrected chi connectivity index (χ1v) is 15.8. The van der Waals surface area contributed by atoms with Crippen LogP contribution in [-0.2, 0) is 31.6 Å². The second-order valence-electron chi connectivity index (χ2n) is 9.42. The van der Waals surface area contributed by atoms with Gasteiger partial charge in [-0.3, -0.25) is 14.6 Å². The fraction of sp³-hybridized carbons (Fsp3) is 0.121. The summed E-state index contributed by atoms with van der Waals surface area (Å²) in [6.45, 7) is 0.257. The SMILES string of the molecule is COC(=O)c1n[nH]c2ccccc12.COC(=O)c1nn(Cc2ccc(Cl)cc2Cl)c2ccccc12.ClCc1ccc(Cl)cc1Cl.O=CO[O-].[H-].[K+].[K+]. The third kappa shape index (κ3) is 14.3. The Morgan fingerprint density at radius 1 is 0.804 bits per heavy atom. The number of hydrogen-bond acceptors (Lipinski definition) is 9. The number of halogens is 5. The zero-order chi connectivity index (χ0) is 35.9. The molecular formula is C33H27Cl5K2N4O7. The number of hydrogen-bond donors (Lipinski definition) is 1. The van der Waals surface area contributed by atoms with Gasteiger partial charge in [-0.05, 0) is 47.5 Å². The second-order valence-corrected chi connectivity index (χ2v) is 11.4.